The first-order chi connectivity index (χ1) is 8.48. The number of rotatable bonds is 3. The Morgan fingerprint density at radius 2 is 2.33 bits per heavy atom. The van der Waals surface area contributed by atoms with Gasteiger partial charge in [0.25, 0.3) is 0 Å². The monoisotopic (exact) mass is 316 g/mol. The minimum Gasteiger partial charge on any atom is -0.389 e. The lowest BCUT2D eigenvalue weighted by Crippen LogP contribution is -2.46. The van der Waals surface area contributed by atoms with E-state index in [9.17, 15) is 5.11 Å². The molecule has 0 saturated carbocycles. The second kappa shape index (κ2) is 5.31. The topological polar surface area (TPSA) is 47.3 Å². The van der Waals surface area contributed by atoms with Gasteiger partial charge in [-0.05, 0) is 22.4 Å². The SMILES string of the molecule is CCc1nn(C)c(CC2(O)CCOCC2C)c1Br. The summed E-state index contributed by atoms with van der Waals surface area (Å²) < 4.78 is 8.33. The summed E-state index contributed by atoms with van der Waals surface area (Å²) in [5, 5.41) is 15.3. The summed E-state index contributed by atoms with van der Waals surface area (Å²) in [4.78, 5) is 0. The van der Waals surface area contributed by atoms with Crippen molar-refractivity contribution in [2.45, 2.75) is 38.7 Å². The second-order valence-corrected chi connectivity index (χ2v) is 5.98. The van der Waals surface area contributed by atoms with Crippen molar-refractivity contribution < 1.29 is 9.84 Å². The molecule has 1 fully saturated rings. The van der Waals surface area contributed by atoms with E-state index in [1.807, 2.05) is 18.7 Å². The first kappa shape index (κ1) is 14.0. The molecule has 0 aromatic carbocycles. The molecule has 0 bridgehead atoms. The van der Waals surface area contributed by atoms with Gasteiger partial charge in [-0.3, -0.25) is 4.68 Å². The number of hydrogen-bond donors (Lipinski definition) is 1. The molecule has 1 aliphatic rings. The first-order valence-corrected chi connectivity index (χ1v) is 7.27. The second-order valence-electron chi connectivity index (χ2n) is 5.19. The minimum absolute atomic E-state index is 0.151. The zero-order chi connectivity index (χ0) is 13.3. The quantitative estimate of drug-likeness (QED) is 0.928. The van der Waals surface area contributed by atoms with Crippen molar-refractivity contribution in [3.8, 4) is 0 Å². The predicted molar refractivity (Wildman–Crippen MR) is 73.5 cm³/mol. The van der Waals surface area contributed by atoms with Gasteiger partial charge >= 0.3 is 0 Å². The first-order valence-electron chi connectivity index (χ1n) is 6.48. The van der Waals surface area contributed by atoms with Crippen LogP contribution in [0.1, 0.15) is 31.7 Å². The Morgan fingerprint density at radius 1 is 1.61 bits per heavy atom. The number of nitrogens with zero attached hydrogens (tertiary/aromatic N) is 2. The van der Waals surface area contributed by atoms with Crippen molar-refractivity contribution in [1.29, 1.82) is 0 Å². The molecule has 0 radical (unpaired) electrons. The van der Waals surface area contributed by atoms with E-state index in [4.69, 9.17) is 4.74 Å². The molecule has 0 aliphatic carbocycles. The van der Waals surface area contributed by atoms with Crippen LogP contribution >= 0.6 is 15.9 Å². The van der Waals surface area contributed by atoms with Gasteiger partial charge in [-0.25, -0.2) is 0 Å². The molecule has 1 aromatic rings. The summed E-state index contributed by atoms with van der Waals surface area (Å²) in [6.45, 7) is 5.40. The van der Waals surface area contributed by atoms with Gasteiger partial charge in [0, 0.05) is 32.4 Å². The van der Waals surface area contributed by atoms with Crippen LogP contribution in [-0.4, -0.2) is 33.7 Å². The molecule has 102 valence electrons. The Balaban J connectivity index is 2.25. The summed E-state index contributed by atoms with van der Waals surface area (Å²) in [6, 6.07) is 0. The maximum absolute atomic E-state index is 10.8. The molecular formula is C13H21BrN2O2. The van der Waals surface area contributed by atoms with E-state index in [1.165, 1.54) is 0 Å². The zero-order valence-electron chi connectivity index (χ0n) is 11.2. The standard InChI is InChI=1S/C13H21BrN2O2/c1-4-10-12(14)11(16(3)15-10)7-13(17)5-6-18-8-9(13)2/h9,17H,4-8H2,1-3H3. The smallest absolute Gasteiger partial charge is 0.0772 e. The highest BCUT2D eigenvalue weighted by atomic mass is 79.9. The lowest BCUT2D eigenvalue weighted by Gasteiger charge is -2.38. The van der Waals surface area contributed by atoms with Crippen LogP contribution in [0.25, 0.3) is 0 Å². The van der Waals surface area contributed by atoms with Gasteiger partial charge in [-0.1, -0.05) is 13.8 Å². The molecule has 1 aromatic heterocycles. The summed E-state index contributed by atoms with van der Waals surface area (Å²) >= 11 is 3.61. The van der Waals surface area contributed by atoms with Crippen molar-refractivity contribution in [3.63, 3.8) is 0 Å². The van der Waals surface area contributed by atoms with E-state index in [-0.39, 0.29) is 5.92 Å². The number of aryl methyl sites for hydroxylation is 2. The fourth-order valence-electron chi connectivity index (χ4n) is 2.47. The maximum Gasteiger partial charge on any atom is 0.0772 e. The number of aromatic nitrogens is 2. The third-order valence-electron chi connectivity index (χ3n) is 3.94. The van der Waals surface area contributed by atoms with E-state index < -0.39 is 5.60 Å². The molecule has 18 heavy (non-hydrogen) atoms. The average molecular weight is 317 g/mol. The summed E-state index contributed by atoms with van der Waals surface area (Å²) in [6.07, 6.45) is 2.21. The number of aliphatic hydroxyl groups is 1. The van der Waals surface area contributed by atoms with Crippen LogP contribution in [0.3, 0.4) is 0 Å². The fourth-order valence-corrected chi connectivity index (χ4v) is 3.23. The van der Waals surface area contributed by atoms with Crippen LogP contribution in [0.5, 0.6) is 0 Å². The molecule has 2 rings (SSSR count). The maximum atomic E-state index is 10.8. The highest BCUT2D eigenvalue weighted by Gasteiger charge is 2.38. The molecule has 1 aliphatic heterocycles. The van der Waals surface area contributed by atoms with Crippen molar-refractivity contribution in [2.75, 3.05) is 13.2 Å². The van der Waals surface area contributed by atoms with Crippen LogP contribution < -0.4 is 0 Å². The van der Waals surface area contributed by atoms with Crippen molar-refractivity contribution in [2.24, 2.45) is 13.0 Å². The highest BCUT2D eigenvalue weighted by molar-refractivity contribution is 9.10. The van der Waals surface area contributed by atoms with Gasteiger partial charge in [-0.15, -0.1) is 0 Å². The summed E-state index contributed by atoms with van der Waals surface area (Å²) in [7, 11) is 1.94. The summed E-state index contributed by atoms with van der Waals surface area (Å²) in [5.41, 5.74) is 1.44. The third-order valence-corrected chi connectivity index (χ3v) is 4.86. The third kappa shape index (κ3) is 2.49. The van der Waals surface area contributed by atoms with Crippen LogP contribution in [0.2, 0.25) is 0 Å². The van der Waals surface area contributed by atoms with Crippen LogP contribution in [0.15, 0.2) is 4.47 Å². The normalized spacial score (nSPS) is 28.6. The Labute approximate surface area is 116 Å². The molecule has 2 atom stereocenters. The molecule has 0 amide bonds. The van der Waals surface area contributed by atoms with Gasteiger partial charge in [0.15, 0.2) is 0 Å². The average Bonchev–Trinajstić information content (AvgIpc) is 2.60. The Kier molecular flexibility index (Phi) is 4.14. The van der Waals surface area contributed by atoms with E-state index in [0.717, 1.165) is 22.3 Å². The van der Waals surface area contributed by atoms with Crippen molar-refractivity contribution in [1.82, 2.24) is 9.78 Å². The number of halogens is 1. The molecule has 0 spiro atoms. The minimum atomic E-state index is -0.681. The van der Waals surface area contributed by atoms with Gasteiger partial charge in [-0.2, -0.15) is 5.10 Å². The zero-order valence-corrected chi connectivity index (χ0v) is 12.8. The van der Waals surface area contributed by atoms with Gasteiger partial charge in [0.1, 0.15) is 0 Å². The van der Waals surface area contributed by atoms with E-state index in [2.05, 4.69) is 28.0 Å². The van der Waals surface area contributed by atoms with Crippen LogP contribution in [-0.2, 0) is 24.6 Å². The van der Waals surface area contributed by atoms with E-state index in [0.29, 0.717) is 26.1 Å². The van der Waals surface area contributed by atoms with E-state index >= 15 is 0 Å². The summed E-state index contributed by atoms with van der Waals surface area (Å²) in [5.74, 6) is 0.151. The van der Waals surface area contributed by atoms with Gasteiger partial charge < -0.3 is 9.84 Å². The molecule has 2 heterocycles. The number of hydrogen-bond acceptors (Lipinski definition) is 3. The van der Waals surface area contributed by atoms with Crippen molar-refractivity contribution >= 4 is 15.9 Å². The van der Waals surface area contributed by atoms with Gasteiger partial charge in [0.2, 0.25) is 0 Å². The van der Waals surface area contributed by atoms with Crippen molar-refractivity contribution in [3.05, 3.63) is 15.9 Å². The fraction of sp³-hybridized carbons (Fsp3) is 0.769. The Morgan fingerprint density at radius 3 is 2.89 bits per heavy atom. The van der Waals surface area contributed by atoms with Crippen LogP contribution in [0.4, 0.5) is 0 Å². The predicted octanol–water partition coefficient (Wildman–Crippen LogP) is 2.08. The molecule has 2 unspecified atom stereocenters. The highest BCUT2D eigenvalue weighted by Crippen LogP contribution is 2.33. The molecule has 4 nitrogen and oxygen atoms in total. The van der Waals surface area contributed by atoms with Crippen LogP contribution in [0, 0.1) is 5.92 Å². The van der Waals surface area contributed by atoms with E-state index in [1.54, 1.807) is 0 Å². The molecular weight excluding hydrogens is 296 g/mol. The molecule has 5 heteroatoms. The molecule has 1 N–H and O–H groups in total. The lowest BCUT2D eigenvalue weighted by atomic mass is 9.81. The molecule has 1 saturated heterocycles. The number of ether oxygens (including phenoxy) is 1. The lowest BCUT2D eigenvalue weighted by molar-refractivity contribution is -0.106. The van der Waals surface area contributed by atoms with Gasteiger partial charge in [0.05, 0.1) is 28.1 Å². The largest absolute Gasteiger partial charge is 0.389 e. The Bertz CT molecular complexity index is 433. The Hall–Kier alpha value is -0.390.